The first kappa shape index (κ1) is 14.8. The predicted molar refractivity (Wildman–Crippen MR) is 77.5 cm³/mol. The zero-order valence-corrected chi connectivity index (χ0v) is 12.6. The number of ether oxygens (including phenoxy) is 1. The van der Waals surface area contributed by atoms with Crippen LogP contribution in [0.25, 0.3) is 0 Å². The molecule has 1 aromatic rings. The van der Waals surface area contributed by atoms with Gasteiger partial charge in [0.05, 0.1) is 18.3 Å². The molecule has 3 nitrogen and oxygen atoms in total. The molecule has 0 radical (unpaired) electrons. The van der Waals surface area contributed by atoms with E-state index in [0.717, 1.165) is 30.2 Å². The Kier molecular flexibility index (Phi) is 4.51. The van der Waals surface area contributed by atoms with Crippen molar-refractivity contribution in [1.29, 1.82) is 0 Å². The Labute approximate surface area is 120 Å². The first-order valence-corrected chi connectivity index (χ1v) is 7.03. The van der Waals surface area contributed by atoms with Gasteiger partial charge in [0, 0.05) is 24.7 Å². The molecule has 1 fully saturated rings. The lowest BCUT2D eigenvalue weighted by molar-refractivity contribution is -0.150. The number of benzene rings is 1. The largest absolute Gasteiger partial charge is 0.394 e. The van der Waals surface area contributed by atoms with Gasteiger partial charge < -0.3 is 9.84 Å². The summed E-state index contributed by atoms with van der Waals surface area (Å²) in [5.41, 5.74) is 2.06. The number of aliphatic hydroxyl groups is 1. The Hall–Kier alpha value is -0.610. The minimum Gasteiger partial charge on any atom is -0.394 e. The number of aliphatic hydroxyl groups excluding tert-OH is 1. The van der Waals surface area contributed by atoms with E-state index in [1.54, 1.807) is 0 Å². The Balaban J connectivity index is 2.09. The third-order valence-corrected chi connectivity index (χ3v) is 3.71. The maximum absolute atomic E-state index is 9.32. The summed E-state index contributed by atoms with van der Waals surface area (Å²) in [7, 11) is 0. The quantitative estimate of drug-likeness (QED) is 0.926. The molecule has 1 aromatic carbocycles. The van der Waals surface area contributed by atoms with Gasteiger partial charge in [-0.15, -0.1) is 0 Å². The number of rotatable bonds is 3. The van der Waals surface area contributed by atoms with Gasteiger partial charge in [0.25, 0.3) is 0 Å². The van der Waals surface area contributed by atoms with Crippen molar-refractivity contribution in [3.8, 4) is 0 Å². The number of hydrogen-bond acceptors (Lipinski definition) is 3. The Morgan fingerprint density at radius 3 is 2.84 bits per heavy atom. The summed E-state index contributed by atoms with van der Waals surface area (Å²) in [6, 6.07) is 6.15. The monoisotopic (exact) mass is 283 g/mol. The van der Waals surface area contributed by atoms with E-state index in [-0.39, 0.29) is 18.3 Å². The lowest BCUT2D eigenvalue weighted by Crippen LogP contribution is -2.53. The fourth-order valence-corrected chi connectivity index (χ4v) is 2.95. The molecule has 1 atom stereocenters. The van der Waals surface area contributed by atoms with Crippen LogP contribution >= 0.6 is 11.6 Å². The summed E-state index contributed by atoms with van der Waals surface area (Å²) in [6.07, 6.45) is -0.118. The van der Waals surface area contributed by atoms with Crippen molar-refractivity contribution in [2.75, 3.05) is 19.7 Å². The Morgan fingerprint density at radius 2 is 2.21 bits per heavy atom. The van der Waals surface area contributed by atoms with E-state index in [1.165, 1.54) is 5.56 Å². The number of morpholine rings is 1. The fraction of sp³-hybridized carbons (Fsp3) is 0.600. The van der Waals surface area contributed by atoms with Gasteiger partial charge in [-0.2, -0.15) is 0 Å². The van der Waals surface area contributed by atoms with E-state index >= 15 is 0 Å². The van der Waals surface area contributed by atoms with Gasteiger partial charge in [0.1, 0.15) is 0 Å². The van der Waals surface area contributed by atoms with Gasteiger partial charge in [-0.25, -0.2) is 0 Å². The molecule has 1 N–H and O–H groups in total. The molecule has 0 spiro atoms. The summed E-state index contributed by atoms with van der Waals surface area (Å²) < 4.78 is 5.82. The van der Waals surface area contributed by atoms with E-state index in [2.05, 4.69) is 30.9 Å². The number of nitrogens with zero attached hydrogens (tertiary/aromatic N) is 1. The van der Waals surface area contributed by atoms with Gasteiger partial charge in [-0.1, -0.05) is 23.7 Å². The molecule has 106 valence electrons. The average Bonchev–Trinajstić information content (AvgIpc) is 2.31. The van der Waals surface area contributed by atoms with Crippen LogP contribution in [-0.2, 0) is 11.3 Å². The molecule has 1 aliphatic heterocycles. The minimum atomic E-state index is -0.233. The van der Waals surface area contributed by atoms with Crippen molar-refractivity contribution in [3.63, 3.8) is 0 Å². The lowest BCUT2D eigenvalue weighted by atomic mass is 10.0. The van der Waals surface area contributed by atoms with Crippen LogP contribution in [0, 0.1) is 6.92 Å². The van der Waals surface area contributed by atoms with Gasteiger partial charge in [0.15, 0.2) is 0 Å². The molecule has 2 rings (SSSR count). The molecule has 4 heteroatoms. The highest BCUT2D eigenvalue weighted by Crippen LogP contribution is 2.25. The first-order valence-electron chi connectivity index (χ1n) is 6.66. The van der Waals surface area contributed by atoms with Crippen molar-refractivity contribution in [2.24, 2.45) is 0 Å². The van der Waals surface area contributed by atoms with Crippen LogP contribution in [0.3, 0.4) is 0 Å². The third-order valence-electron chi connectivity index (χ3n) is 3.36. The standard InChI is InChI=1S/C15H22ClNO2/c1-11-4-5-12(14(16)6-11)7-17-8-13(9-18)19-15(2,3)10-17/h4-6,13,18H,7-10H2,1-3H3. The SMILES string of the molecule is Cc1ccc(CN2CC(CO)OC(C)(C)C2)c(Cl)c1. The van der Waals surface area contributed by atoms with E-state index < -0.39 is 0 Å². The van der Waals surface area contributed by atoms with Gasteiger partial charge in [-0.3, -0.25) is 4.90 Å². The van der Waals surface area contributed by atoms with Crippen molar-refractivity contribution in [3.05, 3.63) is 34.3 Å². The number of halogens is 1. The maximum atomic E-state index is 9.32. The van der Waals surface area contributed by atoms with Gasteiger partial charge in [0.2, 0.25) is 0 Å². The van der Waals surface area contributed by atoms with E-state index in [1.807, 2.05) is 13.0 Å². The lowest BCUT2D eigenvalue weighted by Gasteiger charge is -2.42. The Bertz CT molecular complexity index is 448. The van der Waals surface area contributed by atoms with E-state index in [4.69, 9.17) is 16.3 Å². The summed E-state index contributed by atoms with van der Waals surface area (Å²) in [6.45, 7) is 8.58. The third kappa shape index (κ3) is 3.93. The second-order valence-corrected chi connectivity index (χ2v) is 6.35. The molecule has 0 aromatic heterocycles. The zero-order chi connectivity index (χ0) is 14.0. The number of hydrogen-bond donors (Lipinski definition) is 1. The first-order chi connectivity index (χ1) is 8.89. The van der Waals surface area contributed by atoms with E-state index in [0.29, 0.717) is 0 Å². The molecule has 1 aliphatic rings. The van der Waals surface area contributed by atoms with Crippen molar-refractivity contribution >= 4 is 11.6 Å². The van der Waals surface area contributed by atoms with Crippen molar-refractivity contribution < 1.29 is 9.84 Å². The van der Waals surface area contributed by atoms with Crippen LogP contribution in [0.2, 0.25) is 5.02 Å². The molecule has 0 aliphatic carbocycles. The Morgan fingerprint density at radius 1 is 1.47 bits per heavy atom. The van der Waals surface area contributed by atoms with Crippen LogP contribution in [0.15, 0.2) is 18.2 Å². The molecular formula is C15H22ClNO2. The molecule has 1 heterocycles. The van der Waals surface area contributed by atoms with Crippen LogP contribution in [0.1, 0.15) is 25.0 Å². The second kappa shape index (κ2) is 5.80. The molecule has 1 saturated heterocycles. The van der Waals surface area contributed by atoms with Crippen LogP contribution in [-0.4, -0.2) is 41.4 Å². The summed E-state index contributed by atoms with van der Waals surface area (Å²) in [5.74, 6) is 0. The number of aryl methyl sites for hydroxylation is 1. The fourth-order valence-electron chi connectivity index (χ4n) is 2.65. The minimum absolute atomic E-state index is 0.0571. The van der Waals surface area contributed by atoms with Crippen molar-refractivity contribution in [2.45, 2.75) is 39.0 Å². The molecular weight excluding hydrogens is 262 g/mol. The molecule has 1 unspecified atom stereocenters. The highest BCUT2D eigenvalue weighted by molar-refractivity contribution is 6.31. The molecule has 19 heavy (non-hydrogen) atoms. The van der Waals surface area contributed by atoms with Crippen molar-refractivity contribution in [1.82, 2.24) is 4.90 Å². The maximum Gasteiger partial charge on any atom is 0.0940 e. The summed E-state index contributed by atoms with van der Waals surface area (Å²) in [5, 5.41) is 10.1. The predicted octanol–water partition coefficient (Wildman–Crippen LogP) is 2.62. The van der Waals surface area contributed by atoms with Crippen LogP contribution in [0.5, 0.6) is 0 Å². The normalized spacial score (nSPS) is 23.5. The van der Waals surface area contributed by atoms with Crippen LogP contribution < -0.4 is 0 Å². The molecule has 0 bridgehead atoms. The van der Waals surface area contributed by atoms with Gasteiger partial charge >= 0.3 is 0 Å². The van der Waals surface area contributed by atoms with Gasteiger partial charge in [-0.05, 0) is 38.0 Å². The van der Waals surface area contributed by atoms with Crippen LogP contribution in [0.4, 0.5) is 0 Å². The highest BCUT2D eigenvalue weighted by atomic mass is 35.5. The van der Waals surface area contributed by atoms with E-state index in [9.17, 15) is 5.11 Å². The second-order valence-electron chi connectivity index (χ2n) is 5.95. The smallest absolute Gasteiger partial charge is 0.0940 e. The molecule has 0 amide bonds. The molecule has 0 saturated carbocycles. The summed E-state index contributed by atoms with van der Waals surface area (Å²) in [4.78, 5) is 2.29. The average molecular weight is 284 g/mol. The summed E-state index contributed by atoms with van der Waals surface area (Å²) >= 11 is 6.28. The topological polar surface area (TPSA) is 32.7 Å². The highest BCUT2D eigenvalue weighted by Gasteiger charge is 2.33. The zero-order valence-electron chi connectivity index (χ0n) is 11.8.